The maximum Gasteiger partial charge on any atom is 0.131 e. The van der Waals surface area contributed by atoms with E-state index in [1.165, 1.54) is 6.07 Å². The van der Waals surface area contributed by atoms with E-state index in [1.54, 1.807) is 6.07 Å². The van der Waals surface area contributed by atoms with Gasteiger partial charge in [-0.25, -0.2) is 4.39 Å². The van der Waals surface area contributed by atoms with Crippen LogP contribution >= 0.6 is 0 Å². The highest BCUT2D eigenvalue weighted by Gasteiger charge is 2.10. The molecule has 0 heterocycles. The van der Waals surface area contributed by atoms with Gasteiger partial charge in [-0.05, 0) is 36.5 Å². The Morgan fingerprint density at radius 1 is 1.33 bits per heavy atom. The first-order valence-corrected chi connectivity index (χ1v) is 7.70. The Labute approximate surface area is 128 Å². The van der Waals surface area contributed by atoms with E-state index in [-0.39, 0.29) is 11.7 Å². The van der Waals surface area contributed by atoms with Crippen LogP contribution in [-0.2, 0) is 4.79 Å². The number of benzene rings is 1. The number of aldehydes is 1. The average molecular weight is 290 g/mol. The SMILES string of the molecule is C/C=C\C(=C/CC)c1ccc(C(C)CC=O)cc1F.CC. The predicted octanol–water partition coefficient (Wildman–Crippen LogP) is 5.91. The van der Waals surface area contributed by atoms with Crippen LogP contribution < -0.4 is 0 Å². The number of hydrogen-bond donors (Lipinski definition) is 0. The van der Waals surface area contributed by atoms with E-state index in [0.717, 1.165) is 23.8 Å². The second-order valence-electron chi connectivity index (χ2n) is 4.61. The van der Waals surface area contributed by atoms with Gasteiger partial charge in [0, 0.05) is 12.0 Å². The molecule has 0 spiro atoms. The zero-order valence-electron chi connectivity index (χ0n) is 13.8. The first-order chi connectivity index (χ1) is 10.1. The summed E-state index contributed by atoms with van der Waals surface area (Å²) in [6.07, 6.45) is 7.99. The second kappa shape index (κ2) is 11.0. The molecule has 0 saturated heterocycles. The van der Waals surface area contributed by atoms with Crippen LogP contribution in [0.4, 0.5) is 4.39 Å². The molecule has 0 aromatic heterocycles. The number of rotatable bonds is 6. The number of halogens is 1. The van der Waals surface area contributed by atoms with Crippen molar-refractivity contribution in [2.24, 2.45) is 0 Å². The molecule has 2 heteroatoms. The molecule has 0 N–H and O–H groups in total. The third kappa shape index (κ3) is 6.07. The monoisotopic (exact) mass is 290 g/mol. The number of allylic oxidation sites excluding steroid dienone is 4. The molecule has 1 rings (SSSR count). The summed E-state index contributed by atoms with van der Waals surface area (Å²) >= 11 is 0. The molecule has 0 amide bonds. The van der Waals surface area contributed by atoms with E-state index in [2.05, 4.69) is 0 Å². The first kappa shape index (κ1) is 19.3. The molecular formula is C19H27FO. The van der Waals surface area contributed by atoms with Gasteiger partial charge in [-0.1, -0.05) is 58.1 Å². The number of hydrogen-bond acceptors (Lipinski definition) is 1. The van der Waals surface area contributed by atoms with Crippen molar-refractivity contribution in [1.82, 2.24) is 0 Å². The number of carbonyl (C=O) groups excluding carboxylic acids is 1. The van der Waals surface area contributed by atoms with E-state index < -0.39 is 0 Å². The Balaban J connectivity index is 0.00000191. The van der Waals surface area contributed by atoms with Gasteiger partial charge in [-0.2, -0.15) is 0 Å². The minimum atomic E-state index is -0.229. The van der Waals surface area contributed by atoms with Crippen LogP contribution in [0, 0.1) is 5.82 Å². The summed E-state index contributed by atoms with van der Waals surface area (Å²) in [5, 5.41) is 0. The highest BCUT2D eigenvalue weighted by molar-refractivity contribution is 5.74. The van der Waals surface area contributed by atoms with Crippen LogP contribution in [0.1, 0.15) is 64.5 Å². The Bertz CT molecular complexity index is 486. The van der Waals surface area contributed by atoms with Crippen molar-refractivity contribution in [3.05, 3.63) is 53.4 Å². The van der Waals surface area contributed by atoms with Gasteiger partial charge < -0.3 is 4.79 Å². The lowest BCUT2D eigenvalue weighted by Gasteiger charge is -2.11. The smallest absolute Gasteiger partial charge is 0.131 e. The van der Waals surface area contributed by atoms with Crippen molar-refractivity contribution in [2.45, 2.75) is 53.4 Å². The zero-order chi connectivity index (χ0) is 16.3. The van der Waals surface area contributed by atoms with Crippen LogP contribution in [0.15, 0.2) is 36.4 Å². The summed E-state index contributed by atoms with van der Waals surface area (Å²) < 4.78 is 14.2. The van der Waals surface area contributed by atoms with Crippen LogP contribution in [0.25, 0.3) is 5.57 Å². The molecule has 0 bridgehead atoms. The molecule has 21 heavy (non-hydrogen) atoms. The van der Waals surface area contributed by atoms with Crippen LogP contribution in [0.3, 0.4) is 0 Å². The zero-order valence-corrected chi connectivity index (χ0v) is 13.8. The normalized spacial score (nSPS) is 12.8. The lowest BCUT2D eigenvalue weighted by atomic mass is 9.95. The third-order valence-electron chi connectivity index (χ3n) is 3.09. The summed E-state index contributed by atoms with van der Waals surface area (Å²) in [5.41, 5.74) is 2.38. The first-order valence-electron chi connectivity index (χ1n) is 7.70. The molecule has 116 valence electrons. The van der Waals surface area contributed by atoms with Gasteiger partial charge in [0.2, 0.25) is 0 Å². The van der Waals surface area contributed by atoms with E-state index in [9.17, 15) is 9.18 Å². The summed E-state index contributed by atoms with van der Waals surface area (Å²) in [6.45, 7) is 9.88. The fourth-order valence-corrected chi connectivity index (χ4v) is 2.02. The lowest BCUT2D eigenvalue weighted by molar-refractivity contribution is -0.108. The molecule has 1 unspecified atom stereocenters. The van der Waals surface area contributed by atoms with E-state index in [1.807, 2.05) is 58.9 Å². The topological polar surface area (TPSA) is 17.1 Å². The van der Waals surface area contributed by atoms with Crippen molar-refractivity contribution in [2.75, 3.05) is 0 Å². The van der Waals surface area contributed by atoms with Gasteiger partial charge in [0.25, 0.3) is 0 Å². The fraction of sp³-hybridized carbons (Fsp3) is 0.421. The predicted molar refractivity (Wildman–Crippen MR) is 89.9 cm³/mol. The molecule has 0 saturated carbocycles. The number of carbonyl (C=O) groups is 1. The Morgan fingerprint density at radius 2 is 2.00 bits per heavy atom. The van der Waals surface area contributed by atoms with Crippen molar-refractivity contribution < 1.29 is 9.18 Å². The molecule has 1 nitrogen and oxygen atoms in total. The molecule has 0 aliphatic heterocycles. The van der Waals surface area contributed by atoms with Crippen LogP contribution in [0.5, 0.6) is 0 Å². The molecule has 0 aliphatic rings. The average Bonchev–Trinajstić information content (AvgIpc) is 2.49. The van der Waals surface area contributed by atoms with Crippen LogP contribution in [0.2, 0.25) is 0 Å². The highest BCUT2D eigenvalue weighted by Crippen LogP contribution is 2.25. The fourth-order valence-electron chi connectivity index (χ4n) is 2.02. The van der Waals surface area contributed by atoms with Gasteiger partial charge in [-0.3, -0.25) is 0 Å². The summed E-state index contributed by atoms with van der Waals surface area (Å²) in [6, 6.07) is 5.24. The van der Waals surface area contributed by atoms with Gasteiger partial charge in [-0.15, -0.1) is 0 Å². The maximum absolute atomic E-state index is 14.2. The molecule has 0 radical (unpaired) electrons. The summed E-state index contributed by atoms with van der Waals surface area (Å²) in [4.78, 5) is 10.5. The van der Waals surface area contributed by atoms with Crippen molar-refractivity contribution in [3.8, 4) is 0 Å². The largest absolute Gasteiger partial charge is 0.303 e. The van der Waals surface area contributed by atoms with Crippen molar-refractivity contribution in [1.29, 1.82) is 0 Å². The minimum absolute atomic E-state index is 0.0568. The Kier molecular flexibility index (Phi) is 10.1. The third-order valence-corrected chi connectivity index (χ3v) is 3.09. The van der Waals surface area contributed by atoms with Gasteiger partial charge >= 0.3 is 0 Å². The van der Waals surface area contributed by atoms with Crippen LogP contribution in [-0.4, -0.2) is 6.29 Å². The summed E-state index contributed by atoms with van der Waals surface area (Å²) in [7, 11) is 0. The quantitative estimate of drug-likeness (QED) is 0.470. The molecule has 1 aromatic carbocycles. The van der Waals surface area contributed by atoms with Crippen molar-refractivity contribution >= 4 is 11.9 Å². The molecule has 0 aliphatic carbocycles. The molecular weight excluding hydrogens is 263 g/mol. The Hall–Kier alpha value is -1.70. The minimum Gasteiger partial charge on any atom is -0.303 e. The standard InChI is InChI=1S/C17H21FO.C2H6/c1-4-6-14(7-5-2)16-9-8-15(12-17(16)18)13(3)10-11-19;1-2/h4,6-9,11-13H,5,10H2,1-3H3;1-2H3/b6-4-,14-7+;. The van der Waals surface area contributed by atoms with E-state index >= 15 is 0 Å². The second-order valence-corrected chi connectivity index (χ2v) is 4.61. The molecule has 1 aromatic rings. The van der Waals surface area contributed by atoms with E-state index in [4.69, 9.17) is 0 Å². The van der Waals surface area contributed by atoms with Crippen molar-refractivity contribution in [3.63, 3.8) is 0 Å². The molecule has 0 fully saturated rings. The van der Waals surface area contributed by atoms with Gasteiger partial charge in [0.15, 0.2) is 0 Å². The van der Waals surface area contributed by atoms with Gasteiger partial charge in [0.05, 0.1) is 0 Å². The lowest BCUT2D eigenvalue weighted by Crippen LogP contribution is -1.97. The Morgan fingerprint density at radius 3 is 2.48 bits per heavy atom. The molecule has 1 atom stereocenters. The van der Waals surface area contributed by atoms with Gasteiger partial charge in [0.1, 0.15) is 12.1 Å². The maximum atomic E-state index is 14.2. The summed E-state index contributed by atoms with van der Waals surface area (Å²) in [5.74, 6) is -0.172. The highest BCUT2D eigenvalue weighted by atomic mass is 19.1. The van der Waals surface area contributed by atoms with E-state index in [0.29, 0.717) is 12.0 Å².